The zero-order valence-electron chi connectivity index (χ0n) is 6.59. The smallest absolute Gasteiger partial charge is 0.176 e. The Bertz CT molecular complexity index is 267. The maximum absolute atomic E-state index is 9.20. The molecule has 0 aromatic carbocycles. The maximum atomic E-state index is 9.20. The van der Waals surface area contributed by atoms with Gasteiger partial charge in [0, 0.05) is 0 Å². The van der Waals surface area contributed by atoms with E-state index < -0.39 is 5.60 Å². The van der Waals surface area contributed by atoms with Crippen LogP contribution < -0.4 is 0 Å². The summed E-state index contributed by atoms with van der Waals surface area (Å²) in [5.41, 5.74) is -0.952. The van der Waals surface area contributed by atoms with Gasteiger partial charge in [-0.1, -0.05) is 5.92 Å². The summed E-state index contributed by atoms with van der Waals surface area (Å²) in [6.07, 6.45) is 1.55. The molecule has 1 heterocycles. The summed E-state index contributed by atoms with van der Waals surface area (Å²) >= 11 is 0. The van der Waals surface area contributed by atoms with Gasteiger partial charge in [0.15, 0.2) is 5.76 Å². The van der Waals surface area contributed by atoms with Crippen molar-refractivity contribution in [1.29, 1.82) is 0 Å². The molecule has 2 heteroatoms. The Labute approximate surface area is 65.8 Å². The van der Waals surface area contributed by atoms with Crippen LogP contribution in [0.3, 0.4) is 0 Å². The molecule has 1 aromatic rings. The van der Waals surface area contributed by atoms with Crippen LogP contribution in [0.5, 0.6) is 0 Å². The molecular formula is C9H10O2. The van der Waals surface area contributed by atoms with E-state index in [1.807, 2.05) is 0 Å². The molecule has 58 valence electrons. The molecule has 0 saturated carbocycles. The van der Waals surface area contributed by atoms with Crippen molar-refractivity contribution in [2.75, 3.05) is 0 Å². The molecule has 0 amide bonds. The summed E-state index contributed by atoms with van der Waals surface area (Å²) in [6.45, 7) is 3.26. The van der Waals surface area contributed by atoms with E-state index in [0.717, 1.165) is 0 Å². The van der Waals surface area contributed by atoms with Crippen molar-refractivity contribution in [2.45, 2.75) is 19.4 Å². The van der Waals surface area contributed by atoms with Crippen LogP contribution in [-0.4, -0.2) is 10.7 Å². The molecule has 0 atom stereocenters. The van der Waals surface area contributed by atoms with Crippen LogP contribution in [0.1, 0.15) is 19.6 Å². The van der Waals surface area contributed by atoms with Crippen molar-refractivity contribution in [2.24, 2.45) is 0 Å². The lowest BCUT2D eigenvalue weighted by Gasteiger charge is -2.05. The first-order valence-corrected chi connectivity index (χ1v) is 3.37. The Morgan fingerprint density at radius 1 is 1.55 bits per heavy atom. The van der Waals surface area contributed by atoms with Gasteiger partial charge in [0.25, 0.3) is 0 Å². The van der Waals surface area contributed by atoms with Crippen LogP contribution in [0.4, 0.5) is 0 Å². The van der Waals surface area contributed by atoms with E-state index in [0.29, 0.717) is 5.76 Å². The van der Waals surface area contributed by atoms with Crippen molar-refractivity contribution in [3.05, 3.63) is 24.2 Å². The summed E-state index contributed by atoms with van der Waals surface area (Å²) in [5.74, 6) is 5.91. The molecule has 0 aliphatic carbocycles. The van der Waals surface area contributed by atoms with Crippen LogP contribution in [0.15, 0.2) is 22.8 Å². The van der Waals surface area contributed by atoms with E-state index in [9.17, 15) is 5.11 Å². The molecule has 0 fully saturated rings. The summed E-state index contributed by atoms with van der Waals surface area (Å²) in [4.78, 5) is 0. The van der Waals surface area contributed by atoms with Crippen LogP contribution >= 0.6 is 0 Å². The summed E-state index contributed by atoms with van der Waals surface area (Å²) < 4.78 is 4.94. The number of furan rings is 1. The Morgan fingerprint density at radius 3 is 2.73 bits per heavy atom. The third-order valence-electron chi connectivity index (χ3n) is 1.01. The van der Waals surface area contributed by atoms with Crippen molar-refractivity contribution >= 4 is 0 Å². The van der Waals surface area contributed by atoms with Crippen molar-refractivity contribution < 1.29 is 9.52 Å². The molecule has 2 nitrogen and oxygen atoms in total. The Kier molecular flexibility index (Phi) is 2.02. The van der Waals surface area contributed by atoms with Crippen molar-refractivity contribution in [3.63, 3.8) is 0 Å². The third-order valence-corrected chi connectivity index (χ3v) is 1.01. The first kappa shape index (κ1) is 7.90. The molecule has 0 radical (unpaired) electrons. The maximum Gasteiger partial charge on any atom is 0.176 e. The Morgan fingerprint density at radius 2 is 2.27 bits per heavy atom. The number of hydrogen-bond donors (Lipinski definition) is 1. The first-order valence-electron chi connectivity index (χ1n) is 3.37. The van der Waals surface area contributed by atoms with Crippen LogP contribution in [0, 0.1) is 11.8 Å². The summed E-state index contributed by atoms with van der Waals surface area (Å²) in [5, 5.41) is 9.20. The fraction of sp³-hybridized carbons (Fsp3) is 0.333. The minimum absolute atomic E-state index is 0.576. The average Bonchev–Trinajstić information content (AvgIpc) is 2.32. The molecule has 0 bridgehead atoms. The highest BCUT2D eigenvalue weighted by atomic mass is 16.3. The highest BCUT2D eigenvalue weighted by molar-refractivity contribution is 5.27. The van der Waals surface area contributed by atoms with Crippen LogP contribution in [0.2, 0.25) is 0 Å². The molecule has 1 aromatic heterocycles. The van der Waals surface area contributed by atoms with Crippen LogP contribution in [-0.2, 0) is 0 Å². The molecule has 1 N–H and O–H groups in total. The monoisotopic (exact) mass is 150 g/mol. The number of rotatable bonds is 0. The number of aliphatic hydroxyl groups is 1. The lowest BCUT2D eigenvalue weighted by atomic mass is 10.1. The topological polar surface area (TPSA) is 33.4 Å². The van der Waals surface area contributed by atoms with Gasteiger partial charge in [0.2, 0.25) is 0 Å². The van der Waals surface area contributed by atoms with E-state index in [1.54, 1.807) is 32.2 Å². The van der Waals surface area contributed by atoms with Crippen molar-refractivity contribution in [1.82, 2.24) is 0 Å². The van der Waals surface area contributed by atoms with Gasteiger partial charge in [-0.15, -0.1) is 0 Å². The Hall–Kier alpha value is -1.20. The van der Waals surface area contributed by atoms with Gasteiger partial charge in [0.05, 0.1) is 6.26 Å². The minimum atomic E-state index is -0.952. The predicted octanol–water partition coefficient (Wildman–Crippen LogP) is 1.40. The molecule has 0 aliphatic heterocycles. The zero-order chi connectivity index (χ0) is 8.32. The fourth-order valence-corrected chi connectivity index (χ4v) is 0.564. The lowest BCUT2D eigenvalue weighted by Crippen LogP contribution is -2.14. The predicted molar refractivity (Wildman–Crippen MR) is 41.9 cm³/mol. The molecule has 1 rings (SSSR count). The molecular weight excluding hydrogens is 140 g/mol. The van der Waals surface area contributed by atoms with E-state index in [1.165, 1.54) is 0 Å². The van der Waals surface area contributed by atoms with Crippen molar-refractivity contribution in [3.8, 4) is 11.8 Å². The summed E-state index contributed by atoms with van der Waals surface area (Å²) in [7, 11) is 0. The molecule has 0 spiro atoms. The van der Waals surface area contributed by atoms with E-state index >= 15 is 0 Å². The SMILES string of the molecule is CC(C)(O)C#Cc1ccco1. The standard InChI is InChI=1S/C9H10O2/c1-9(2,10)6-5-8-4-3-7-11-8/h3-4,7,10H,1-2H3. The molecule has 0 saturated heterocycles. The second-order valence-corrected chi connectivity index (χ2v) is 2.79. The molecule has 11 heavy (non-hydrogen) atoms. The average molecular weight is 150 g/mol. The van der Waals surface area contributed by atoms with Gasteiger partial charge in [-0.2, -0.15) is 0 Å². The third kappa shape index (κ3) is 2.92. The highest BCUT2D eigenvalue weighted by Gasteiger charge is 2.05. The Balaban J connectivity index is 2.74. The lowest BCUT2D eigenvalue weighted by molar-refractivity contribution is 0.143. The molecule has 0 aliphatic rings. The summed E-state index contributed by atoms with van der Waals surface area (Å²) in [6, 6.07) is 3.51. The van der Waals surface area contributed by atoms with E-state index in [2.05, 4.69) is 11.8 Å². The first-order chi connectivity index (χ1) is 5.08. The largest absolute Gasteiger partial charge is 0.456 e. The van der Waals surface area contributed by atoms with Crippen LogP contribution in [0.25, 0.3) is 0 Å². The van der Waals surface area contributed by atoms with Gasteiger partial charge in [-0.25, -0.2) is 0 Å². The number of hydrogen-bond acceptors (Lipinski definition) is 2. The minimum Gasteiger partial charge on any atom is -0.456 e. The van der Waals surface area contributed by atoms with E-state index in [4.69, 9.17) is 4.42 Å². The zero-order valence-corrected chi connectivity index (χ0v) is 6.59. The van der Waals surface area contributed by atoms with Gasteiger partial charge in [-0.05, 0) is 31.9 Å². The fourth-order valence-electron chi connectivity index (χ4n) is 0.564. The second kappa shape index (κ2) is 2.81. The van der Waals surface area contributed by atoms with Gasteiger partial charge in [-0.3, -0.25) is 0 Å². The van der Waals surface area contributed by atoms with Gasteiger partial charge < -0.3 is 9.52 Å². The second-order valence-electron chi connectivity index (χ2n) is 2.79. The molecule has 0 unspecified atom stereocenters. The normalized spacial score (nSPS) is 10.5. The highest BCUT2D eigenvalue weighted by Crippen LogP contribution is 2.00. The van der Waals surface area contributed by atoms with E-state index in [-0.39, 0.29) is 0 Å². The quantitative estimate of drug-likeness (QED) is 0.567. The van der Waals surface area contributed by atoms with Gasteiger partial charge in [0.1, 0.15) is 5.60 Å². The van der Waals surface area contributed by atoms with Gasteiger partial charge >= 0.3 is 0 Å².